The van der Waals surface area contributed by atoms with E-state index < -0.39 is 0 Å². The quantitative estimate of drug-likeness (QED) is 0.836. The first kappa shape index (κ1) is 13.2. The third-order valence-electron chi connectivity index (χ3n) is 2.88. The number of hydrogen-bond acceptors (Lipinski definition) is 4. The average Bonchev–Trinajstić information content (AvgIpc) is 2.82. The summed E-state index contributed by atoms with van der Waals surface area (Å²) >= 11 is 1.76. The number of nitrogens with zero attached hydrogens (tertiary/aromatic N) is 1. The number of nitrogens with one attached hydrogen (secondary N) is 1. The second kappa shape index (κ2) is 6.07. The van der Waals surface area contributed by atoms with Gasteiger partial charge >= 0.3 is 0 Å². The minimum atomic E-state index is 0.304. The standard InChI is InChI=1S/C14H18N2OS/c1-10-8-13(16-17-10)9-15-11(2)12-4-6-14(18-3)7-5-12/h4-8,11,15H,9H2,1-3H3. The van der Waals surface area contributed by atoms with Crippen molar-refractivity contribution in [3.8, 4) is 0 Å². The van der Waals surface area contributed by atoms with Crippen LogP contribution in [0.15, 0.2) is 39.8 Å². The van der Waals surface area contributed by atoms with Gasteiger partial charge in [-0.1, -0.05) is 17.3 Å². The summed E-state index contributed by atoms with van der Waals surface area (Å²) < 4.78 is 5.04. The monoisotopic (exact) mass is 262 g/mol. The van der Waals surface area contributed by atoms with Crippen molar-refractivity contribution in [2.45, 2.75) is 31.3 Å². The summed E-state index contributed by atoms with van der Waals surface area (Å²) in [7, 11) is 0. The molecular formula is C14H18N2OS. The Morgan fingerprint density at radius 3 is 2.61 bits per heavy atom. The third kappa shape index (κ3) is 3.37. The minimum Gasteiger partial charge on any atom is -0.361 e. The van der Waals surface area contributed by atoms with Crippen LogP contribution >= 0.6 is 11.8 Å². The molecule has 4 heteroatoms. The molecule has 0 fully saturated rings. The van der Waals surface area contributed by atoms with Gasteiger partial charge in [0.2, 0.25) is 0 Å². The van der Waals surface area contributed by atoms with Crippen molar-refractivity contribution in [2.24, 2.45) is 0 Å². The summed E-state index contributed by atoms with van der Waals surface area (Å²) in [6, 6.07) is 10.9. The highest BCUT2D eigenvalue weighted by molar-refractivity contribution is 7.98. The summed E-state index contributed by atoms with van der Waals surface area (Å²) in [5.41, 5.74) is 2.23. The van der Waals surface area contributed by atoms with E-state index in [1.807, 2.05) is 13.0 Å². The van der Waals surface area contributed by atoms with Crippen LogP contribution in [-0.4, -0.2) is 11.4 Å². The zero-order chi connectivity index (χ0) is 13.0. The van der Waals surface area contributed by atoms with Crippen LogP contribution in [0.5, 0.6) is 0 Å². The van der Waals surface area contributed by atoms with Crippen LogP contribution in [-0.2, 0) is 6.54 Å². The molecule has 0 aliphatic heterocycles. The van der Waals surface area contributed by atoms with Crippen LogP contribution in [0.25, 0.3) is 0 Å². The first-order chi connectivity index (χ1) is 8.69. The first-order valence-electron chi connectivity index (χ1n) is 5.98. The Hall–Kier alpha value is -1.26. The normalized spacial score (nSPS) is 12.6. The lowest BCUT2D eigenvalue weighted by Crippen LogP contribution is -2.18. The topological polar surface area (TPSA) is 38.1 Å². The summed E-state index contributed by atoms with van der Waals surface area (Å²) in [5, 5.41) is 7.40. The number of benzene rings is 1. The number of hydrogen-bond donors (Lipinski definition) is 1. The van der Waals surface area contributed by atoms with Gasteiger partial charge in [0.15, 0.2) is 0 Å². The van der Waals surface area contributed by atoms with E-state index in [0.29, 0.717) is 6.04 Å². The maximum absolute atomic E-state index is 5.04. The fourth-order valence-corrected chi connectivity index (χ4v) is 2.18. The van der Waals surface area contributed by atoms with Crippen LogP contribution in [0.2, 0.25) is 0 Å². The highest BCUT2D eigenvalue weighted by atomic mass is 32.2. The highest BCUT2D eigenvalue weighted by Gasteiger charge is 2.06. The largest absolute Gasteiger partial charge is 0.361 e. The van der Waals surface area contributed by atoms with E-state index in [4.69, 9.17) is 4.52 Å². The summed E-state index contributed by atoms with van der Waals surface area (Å²) in [6.07, 6.45) is 2.09. The molecule has 96 valence electrons. The molecule has 0 bridgehead atoms. The lowest BCUT2D eigenvalue weighted by molar-refractivity contribution is 0.386. The lowest BCUT2D eigenvalue weighted by atomic mass is 10.1. The Morgan fingerprint density at radius 2 is 2.06 bits per heavy atom. The van der Waals surface area contributed by atoms with Gasteiger partial charge in [0.25, 0.3) is 0 Å². The van der Waals surface area contributed by atoms with Crippen molar-refractivity contribution in [1.29, 1.82) is 0 Å². The molecule has 0 saturated heterocycles. The Bertz CT molecular complexity index is 493. The predicted octanol–water partition coefficient (Wildman–Crippen LogP) is 3.56. The predicted molar refractivity (Wildman–Crippen MR) is 74.7 cm³/mol. The molecule has 1 aromatic heterocycles. The fourth-order valence-electron chi connectivity index (χ4n) is 1.77. The molecule has 1 aromatic carbocycles. The average molecular weight is 262 g/mol. The van der Waals surface area contributed by atoms with E-state index in [0.717, 1.165) is 18.0 Å². The van der Waals surface area contributed by atoms with Crippen molar-refractivity contribution in [3.05, 3.63) is 47.3 Å². The second-order valence-corrected chi connectivity index (χ2v) is 5.18. The summed E-state index contributed by atoms with van der Waals surface area (Å²) in [5.74, 6) is 0.851. The number of aryl methyl sites for hydroxylation is 1. The molecule has 1 N–H and O–H groups in total. The van der Waals surface area contributed by atoms with Gasteiger partial charge in [-0.25, -0.2) is 0 Å². The van der Waals surface area contributed by atoms with Gasteiger partial charge in [-0.05, 0) is 37.8 Å². The van der Waals surface area contributed by atoms with Crippen molar-refractivity contribution in [3.63, 3.8) is 0 Å². The van der Waals surface area contributed by atoms with Gasteiger partial charge < -0.3 is 9.84 Å². The Morgan fingerprint density at radius 1 is 1.33 bits per heavy atom. The van der Waals surface area contributed by atoms with Crippen LogP contribution < -0.4 is 5.32 Å². The molecule has 2 rings (SSSR count). The van der Waals surface area contributed by atoms with E-state index >= 15 is 0 Å². The van der Waals surface area contributed by atoms with Crippen molar-refractivity contribution in [1.82, 2.24) is 10.5 Å². The molecule has 3 nitrogen and oxygen atoms in total. The Kier molecular flexibility index (Phi) is 4.44. The summed E-state index contributed by atoms with van der Waals surface area (Å²) in [6.45, 7) is 4.78. The smallest absolute Gasteiger partial charge is 0.133 e. The Balaban J connectivity index is 1.92. The van der Waals surface area contributed by atoms with Crippen molar-refractivity contribution >= 4 is 11.8 Å². The zero-order valence-corrected chi connectivity index (χ0v) is 11.8. The SMILES string of the molecule is CSc1ccc(C(C)NCc2cc(C)on2)cc1. The molecule has 18 heavy (non-hydrogen) atoms. The van der Waals surface area contributed by atoms with E-state index in [1.165, 1.54) is 10.5 Å². The molecule has 0 saturated carbocycles. The Labute approximate surface area is 112 Å². The van der Waals surface area contributed by atoms with E-state index in [-0.39, 0.29) is 0 Å². The van der Waals surface area contributed by atoms with Crippen LogP contribution in [0.4, 0.5) is 0 Å². The van der Waals surface area contributed by atoms with E-state index in [9.17, 15) is 0 Å². The molecule has 0 aliphatic carbocycles. The second-order valence-electron chi connectivity index (χ2n) is 4.30. The molecule has 0 amide bonds. The maximum atomic E-state index is 5.04. The van der Waals surface area contributed by atoms with Gasteiger partial charge in [0.05, 0.1) is 5.69 Å². The molecule has 1 heterocycles. The fraction of sp³-hybridized carbons (Fsp3) is 0.357. The van der Waals surface area contributed by atoms with Crippen LogP contribution in [0, 0.1) is 6.92 Å². The third-order valence-corrected chi connectivity index (χ3v) is 3.63. The molecule has 0 aliphatic rings. The van der Waals surface area contributed by atoms with Crippen LogP contribution in [0.3, 0.4) is 0 Å². The number of aromatic nitrogens is 1. The first-order valence-corrected chi connectivity index (χ1v) is 7.21. The molecule has 1 unspecified atom stereocenters. The minimum absolute atomic E-state index is 0.304. The van der Waals surface area contributed by atoms with E-state index in [2.05, 4.69) is 47.9 Å². The summed E-state index contributed by atoms with van der Waals surface area (Å²) in [4.78, 5) is 1.29. The molecule has 0 spiro atoms. The lowest BCUT2D eigenvalue weighted by Gasteiger charge is -2.13. The van der Waals surface area contributed by atoms with Gasteiger partial charge in [0, 0.05) is 23.5 Å². The van der Waals surface area contributed by atoms with Gasteiger partial charge in [-0.3, -0.25) is 0 Å². The molecule has 1 atom stereocenters. The van der Waals surface area contributed by atoms with Gasteiger partial charge in [-0.15, -0.1) is 11.8 Å². The highest BCUT2D eigenvalue weighted by Crippen LogP contribution is 2.19. The number of thioether (sulfide) groups is 1. The van der Waals surface area contributed by atoms with E-state index in [1.54, 1.807) is 11.8 Å². The zero-order valence-electron chi connectivity index (χ0n) is 10.9. The molecule has 2 aromatic rings. The van der Waals surface area contributed by atoms with Crippen LogP contribution in [0.1, 0.15) is 30.0 Å². The van der Waals surface area contributed by atoms with Gasteiger partial charge in [-0.2, -0.15) is 0 Å². The van der Waals surface area contributed by atoms with Crippen molar-refractivity contribution in [2.75, 3.05) is 6.26 Å². The number of rotatable bonds is 5. The van der Waals surface area contributed by atoms with Crippen molar-refractivity contribution < 1.29 is 4.52 Å². The molecule has 0 radical (unpaired) electrons. The maximum Gasteiger partial charge on any atom is 0.133 e. The molecular weight excluding hydrogens is 244 g/mol. The van der Waals surface area contributed by atoms with Gasteiger partial charge in [0.1, 0.15) is 5.76 Å².